The number of hydrogen-bond acceptors (Lipinski definition) is 1. The highest BCUT2D eigenvalue weighted by Crippen LogP contribution is 2.06. The van der Waals surface area contributed by atoms with E-state index in [1.807, 2.05) is 18.4 Å². The van der Waals surface area contributed by atoms with E-state index in [0.29, 0.717) is 0 Å². The van der Waals surface area contributed by atoms with E-state index in [1.54, 1.807) is 11.0 Å². The van der Waals surface area contributed by atoms with E-state index in [1.165, 1.54) is 19.3 Å². The Hall–Kier alpha value is -1.31. The fraction of sp³-hybridized carbons (Fsp3) is 0.533. The highest BCUT2D eigenvalue weighted by molar-refractivity contribution is 5.88. The molecule has 1 rings (SSSR count). The lowest BCUT2D eigenvalue weighted by Gasteiger charge is -2.19. The van der Waals surface area contributed by atoms with Crippen molar-refractivity contribution in [2.24, 2.45) is 0 Å². The first kappa shape index (κ1) is 13.8. The Morgan fingerprint density at radius 2 is 2.24 bits per heavy atom. The molecule has 0 saturated heterocycles. The van der Waals surface area contributed by atoms with Gasteiger partial charge in [-0.15, -0.1) is 0 Å². The zero-order chi connectivity index (χ0) is 12.3. The lowest BCUT2D eigenvalue weighted by Crippen LogP contribution is -2.26. The van der Waals surface area contributed by atoms with Crippen molar-refractivity contribution in [2.45, 2.75) is 45.4 Å². The maximum Gasteiger partial charge on any atom is 0.250 e. The van der Waals surface area contributed by atoms with Crippen molar-refractivity contribution >= 4 is 5.91 Å². The Morgan fingerprint density at radius 1 is 1.35 bits per heavy atom. The lowest BCUT2D eigenvalue weighted by atomic mass is 10.2. The van der Waals surface area contributed by atoms with Crippen molar-refractivity contribution in [3.8, 4) is 0 Å². The van der Waals surface area contributed by atoms with E-state index < -0.39 is 0 Å². The molecule has 0 spiro atoms. The van der Waals surface area contributed by atoms with Crippen molar-refractivity contribution in [2.75, 3.05) is 6.54 Å². The van der Waals surface area contributed by atoms with Crippen LogP contribution in [0.4, 0.5) is 0 Å². The first-order valence-electron chi connectivity index (χ1n) is 6.65. The summed E-state index contributed by atoms with van der Waals surface area (Å²) >= 11 is 0. The Bertz CT molecular complexity index is 302. The lowest BCUT2D eigenvalue weighted by molar-refractivity contribution is -0.123. The van der Waals surface area contributed by atoms with Gasteiger partial charge in [-0.1, -0.05) is 44.1 Å². The molecule has 0 bridgehead atoms. The number of rotatable bonds is 6. The summed E-state index contributed by atoms with van der Waals surface area (Å²) in [6.07, 6.45) is 18.6. The van der Waals surface area contributed by atoms with Gasteiger partial charge in [0.25, 0.3) is 0 Å². The van der Waals surface area contributed by atoms with Crippen molar-refractivity contribution < 1.29 is 4.79 Å². The first-order valence-corrected chi connectivity index (χ1v) is 6.65. The molecule has 0 aliphatic carbocycles. The van der Waals surface area contributed by atoms with Crippen LogP contribution in [-0.4, -0.2) is 17.4 Å². The number of carbonyl (C=O) groups is 1. The van der Waals surface area contributed by atoms with E-state index in [4.69, 9.17) is 0 Å². The smallest absolute Gasteiger partial charge is 0.250 e. The van der Waals surface area contributed by atoms with Gasteiger partial charge in [0.2, 0.25) is 5.91 Å². The zero-order valence-electron chi connectivity index (χ0n) is 10.8. The predicted octanol–water partition coefficient (Wildman–Crippen LogP) is 3.82. The van der Waals surface area contributed by atoms with E-state index in [9.17, 15) is 4.79 Å². The quantitative estimate of drug-likeness (QED) is 0.388. The van der Waals surface area contributed by atoms with Crippen LogP contribution in [-0.2, 0) is 4.79 Å². The minimum Gasteiger partial charge on any atom is -0.316 e. The minimum absolute atomic E-state index is 0.0826. The largest absolute Gasteiger partial charge is 0.316 e. The van der Waals surface area contributed by atoms with Gasteiger partial charge >= 0.3 is 0 Å². The Kier molecular flexibility index (Phi) is 7.12. The Labute approximate surface area is 105 Å². The summed E-state index contributed by atoms with van der Waals surface area (Å²) in [7, 11) is 0. The molecule has 1 amide bonds. The summed E-state index contributed by atoms with van der Waals surface area (Å²) in [6.45, 7) is 3.05. The molecule has 1 aliphatic heterocycles. The third kappa shape index (κ3) is 6.10. The molecule has 17 heavy (non-hydrogen) atoms. The molecule has 0 N–H and O–H groups in total. The molecule has 1 aliphatic rings. The molecule has 1 heterocycles. The third-order valence-corrected chi connectivity index (χ3v) is 2.80. The van der Waals surface area contributed by atoms with Crippen LogP contribution in [0.5, 0.6) is 0 Å². The molecule has 0 atom stereocenters. The van der Waals surface area contributed by atoms with Crippen molar-refractivity contribution in [3.63, 3.8) is 0 Å². The summed E-state index contributed by atoms with van der Waals surface area (Å²) in [5.41, 5.74) is 0. The van der Waals surface area contributed by atoms with Crippen LogP contribution in [0.15, 0.2) is 36.6 Å². The average Bonchev–Trinajstić information content (AvgIpc) is 2.38. The molecule has 0 aromatic heterocycles. The normalized spacial score (nSPS) is 16.2. The maximum atomic E-state index is 11.7. The van der Waals surface area contributed by atoms with Gasteiger partial charge in [0, 0.05) is 18.8 Å². The van der Waals surface area contributed by atoms with Crippen LogP contribution < -0.4 is 0 Å². The van der Waals surface area contributed by atoms with Crippen molar-refractivity contribution in [1.29, 1.82) is 0 Å². The first-order chi connectivity index (χ1) is 8.34. The second-order valence-electron chi connectivity index (χ2n) is 4.34. The molecule has 0 aromatic rings. The fourth-order valence-corrected chi connectivity index (χ4v) is 1.76. The van der Waals surface area contributed by atoms with Crippen LogP contribution in [0.25, 0.3) is 0 Å². The summed E-state index contributed by atoms with van der Waals surface area (Å²) in [5, 5.41) is 0. The predicted molar refractivity (Wildman–Crippen MR) is 72.5 cm³/mol. The van der Waals surface area contributed by atoms with E-state index in [-0.39, 0.29) is 5.91 Å². The number of allylic oxidation sites excluding steroid dienone is 4. The second-order valence-corrected chi connectivity index (χ2v) is 4.34. The van der Waals surface area contributed by atoms with Gasteiger partial charge in [0.15, 0.2) is 0 Å². The standard InChI is InChI=1S/C15H23NO/c1-2-3-4-5-6-7-9-12-15(17)16-13-10-8-11-14-16/h6-7,9-10,12-13H,2-5,8,11,14H2,1H3. The molecular weight excluding hydrogens is 210 g/mol. The second kappa shape index (κ2) is 8.80. The molecule has 94 valence electrons. The SMILES string of the molecule is CCCCCC=CC=CC(=O)N1C=CCCC1. The van der Waals surface area contributed by atoms with Gasteiger partial charge in [-0.25, -0.2) is 0 Å². The maximum absolute atomic E-state index is 11.7. The molecule has 0 saturated carbocycles. The van der Waals surface area contributed by atoms with Gasteiger partial charge in [0.1, 0.15) is 0 Å². The summed E-state index contributed by atoms with van der Waals surface area (Å²) in [5.74, 6) is 0.0826. The molecule has 0 fully saturated rings. The van der Waals surface area contributed by atoms with Crippen molar-refractivity contribution in [3.05, 3.63) is 36.6 Å². The number of hydrogen-bond donors (Lipinski definition) is 0. The van der Waals surface area contributed by atoms with Gasteiger partial charge in [-0.2, -0.15) is 0 Å². The Balaban J connectivity index is 2.21. The van der Waals surface area contributed by atoms with Crippen LogP contribution in [0, 0.1) is 0 Å². The van der Waals surface area contributed by atoms with Crippen molar-refractivity contribution in [1.82, 2.24) is 4.90 Å². The molecule has 0 radical (unpaired) electrons. The van der Waals surface area contributed by atoms with Crippen LogP contribution in [0.2, 0.25) is 0 Å². The monoisotopic (exact) mass is 233 g/mol. The summed E-state index contributed by atoms with van der Waals surface area (Å²) < 4.78 is 0. The van der Waals surface area contributed by atoms with Crippen LogP contribution >= 0.6 is 0 Å². The topological polar surface area (TPSA) is 20.3 Å². The molecular formula is C15H23NO. The number of carbonyl (C=O) groups excluding carboxylic acids is 1. The highest BCUT2D eigenvalue weighted by Gasteiger charge is 2.08. The Morgan fingerprint density at radius 3 is 2.94 bits per heavy atom. The van der Waals surface area contributed by atoms with Gasteiger partial charge in [0.05, 0.1) is 0 Å². The van der Waals surface area contributed by atoms with E-state index in [2.05, 4.69) is 19.1 Å². The van der Waals surface area contributed by atoms with Gasteiger partial charge in [-0.3, -0.25) is 4.79 Å². The van der Waals surface area contributed by atoms with E-state index in [0.717, 1.165) is 25.8 Å². The van der Waals surface area contributed by atoms with Gasteiger partial charge in [-0.05, 0) is 25.7 Å². The van der Waals surface area contributed by atoms with Gasteiger partial charge < -0.3 is 4.90 Å². The molecule has 0 aromatic carbocycles. The van der Waals surface area contributed by atoms with Crippen LogP contribution in [0.3, 0.4) is 0 Å². The molecule has 0 unspecified atom stereocenters. The van der Waals surface area contributed by atoms with Crippen LogP contribution in [0.1, 0.15) is 45.4 Å². The third-order valence-electron chi connectivity index (χ3n) is 2.80. The number of amides is 1. The highest BCUT2D eigenvalue weighted by atomic mass is 16.2. The average molecular weight is 233 g/mol. The summed E-state index contributed by atoms with van der Waals surface area (Å²) in [6, 6.07) is 0. The number of nitrogens with zero attached hydrogens (tertiary/aromatic N) is 1. The number of unbranched alkanes of at least 4 members (excludes halogenated alkanes) is 3. The summed E-state index contributed by atoms with van der Waals surface area (Å²) in [4.78, 5) is 13.5. The zero-order valence-corrected chi connectivity index (χ0v) is 10.8. The molecule has 2 nitrogen and oxygen atoms in total. The fourth-order valence-electron chi connectivity index (χ4n) is 1.76. The van der Waals surface area contributed by atoms with E-state index >= 15 is 0 Å². The molecule has 2 heteroatoms. The minimum atomic E-state index is 0.0826.